The number of hydrogen-bond acceptors (Lipinski definition) is 7. The van der Waals surface area contributed by atoms with Gasteiger partial charge in [0.05, 0.1) is 16.3 Å². The van der Waals surface area contributed by atoms with Crippen molar-refractivity contribution in [1.29, 1.82) is 0 Å². The minimum Gasteiger partial charge on any atom is -0.387 e. The fourth-order valence-electron chi connectivity index (χ4n) is 4.71. The molecule has 3 aromatic rings. The second kappa shape index (κ2) is 9.93. The number of halogens is 5. The van der Waals surface area contributed by atoms with Crippen LogP contribution < -0.4 is 0 Å². The van der Waals surface area contributed by atoms with Gasteiger partial charge in [-0.1, -0.05) is 11.2 Å². The quantitative estimate of drug-likeness (QED) is 0.310. The van der Waals surface area contributed by atoms with Crippen LogP contribution in [0.15, 0.2) is 34.8 Å². The minimum atomic E-state index is -4.59. The van der Waals surface area contributed by atoms with Crippen molar-refractivity contribution in [2.75, 3.05) is 13.1 Å². The summed E-state index contributed by atoms with van der Waals surface area (Å²) in [6, 6.07) is 4.56. The minimum absolute atomic E-state index is 0.0921. The van der Waals surface area contributed by atoms with Gasteiger partial charge in [-0.15, -0.1) is 11.3 Å². The summed E-state index contributed by atoms with van der Waals surface area (Å²) in [6.45, 7) is 2.44. The zero-order valence-electron chi connectivity index (χ0n) is 19.6. The van der Waals surface area contributed by atoms with Gasteiger partial charge in [-0.2, -0.15) is 18.3 Å². The normalized spacial score (nSPS) is 20.1. The van der Waals surface area contributed by atoms with Crippen LogP contribution in [-0.2, 0) is 15.8 Å². The molecular formula is C24H22F5N5O2S. The number of thiazole rings is 1. The lowest BCUT2D eigenvalue weighted by Gasteiger charge is -2.35. The Balaban J connectivity index is 1.22. The Labute approximate surface area is 212 Å². The van der Waals surface area contributed by atoms with Crippen LogP contribution in [0.3, 0.4) is 0 Å². The highest BCUT2D eigenvalue weighted by atomic mass is 32.1. The van der Waals surface area contributed by atoms with Crippen LogP contribution in [0.4, 0.5) is 22.0 Å². The smallest absolute Gasteiger partial charge is 0.387 e. The van der Waals surface area contributed by atoms with Crippen molar-refractivity contribution in [2.24, 2.45) is 5.16 Å². The van der Waals surface area contributed by atoms with Crippen LogP contribution >= 0.6 is 11.3 Å². The van der Waals surface area contributed by atoms with Crippen molar-refractivity contribution in [2.45, 2.75) is 50.6 Å². The average molecular weight is 540 g/mol. The Morgan fingerprint density at radius 2 is 1.89 bits per heavy atom. The average Bonchev–Trinajstić information content (AvgIpc) is 3.60. The van der Waals surface area contributed by atoms with E-state index in [1.165, 1.54) is 36.5 Å². The van der Waals surface area contributed by atoms with E-state index < -0.39 is 35.8 Å². The number of hydrogen-bond donors (Lipinski definition) is 0. The topological polar surface area (TPSA) is 72.6 Å². The van der Waals surface area contributed by atoms with Crippen molar-refractivity contribution in [3.63, 3.8) is 0 Å². The fraction of sp³-hybridized carbons (Fsp3) is 0.417. The van der Waals surface area contributed by atoms with E-state index in [0.29, 0.717) is 43.6 Å². The first-order valence-corrected chi connectivity index (χ1v) is 12.5. The van der Waals surface area contributed by atoms with Crippen LogP contribution in [0.25, 0.3) is 0 Å². The van der Waals surface area contributed by atoms with Gasteiger partial charge in [0.1, 0.15) is 17.3 Å². The number of carbonyl (C=O) groups is 1. The predicted octanol–water partition coefficient (Wildman–Crippen LogP) is 5.39. The standard InChI is InChI=1S/C24H22F5N5O2S/c1-13-9-20(24(27,28)29)31-34(13)21(11-35)33-7-5-14(6-8-33)23-30-18(12-37-23)17-10-19(36-32-17)22-15(25)3-2-4-16(22)26/h2-4,9,11-12,14,19,21H,5-8,10H2,1H3. The van der Waals surface area contributed by atoms with Crippen molar-refractivity contribution in [3.8, 4) is 0 Å². The Morgan fingerprint density at radius 1 is 1.19 bits per heavy atom. The van der Waals surface area contributed by atoms with Crippen LogP contribution in [0.2, 0.25) is 0 Å². The van der Waals surface area contributed by atoms with Crippen LogP contribution in [0.5, 0.6) is 0 Å². The monoisotopic (exact) mass is 539 g/mol. The van der Waals surface area contributed by atoms with Crippen LogP contribution in [0.1, 0.15) is 65.1 Å². The molecule has 2 aromatic heterocycles. The highest BCUT2D eigenvalue weighted by molar-refractivity contribution is 7.10. The van der Waals surface area contributed by atoms with Crippen molar-refractivity contribution in [3.05, 3.63) is 68.9 Å². The molecule has 2 atom stereocenters. The first kappa shape index (κ1) is 25.5. The second-order valence-corrected chi connectivity index (χ2v) is 9.91. The maximum Gasteiger partial charge on any atom is 0.435 e. The van der Waals surface area contributed by atoms with Gasteiger partial charge in [-0.05, 0) is 38.0 Å². The first-order chi connectivity index (χ1) is 17.7. The number of aromatic nitrogens is 3. The van der Waals surface area contributed by atoms with E-state index in [9.17, 15) is 26.7 Å². The molecule has 0 spiro atoms. The molecule has 7 nitrogen and oxygen atoms in total. The van der Waals surface area contributed by atoms with Gasteiger partial charge < -0.3 is 4.84 Å². The first-order valence-electron chi connectivity index (χ1n) is 11.6. The molecule has 2 aliphatic heterocycles. The van der Waals surface area contributed by atoms with Crippen LogP contribution in [-0.4, -0.2) is 44.8 Å². The summed E-state index contributed by atoms with van der Waals surface area (Å²) in [5, 5.41) is 10.3. The molecule has 13 heteroatoms. The number of benzene rings is 1. The van der Waals surface area contributed by atoms with E-state index >= 15 is 0 Å². The summed E-state index contributed by atoms with van der Waals surface area (Å²) in [5.74, 6) is -1.30. The number of nitrogens with zero attached hydrogens (tertiary/aromatic N) is 5. The van der Waals surface area contributed by atoms with Crippen LogP contribution in [0, 0.1) is 18.6 Å². The lowest BCUT2D eigenvalue weighted by molar-refractivity contribution is -0.142. The molecule has 1 aromatic carbocycles. The molecule has 0 radical (unpaired) electrons. The summed E-state index contributed by atoms with van der Waals surface area (Å²) in [7, 11) is 0. The van der Waals surface area contributed by atoms with Gasteiger partial charge in [-0.3, -0.25) is 9.69 Å². The largest absolute Gasteiger partial charge is 0.435 e. The van der Waals surface area contributed by atoms with Crippen molar-refractivity contribution >= 4 is 23.3 Å². The molecule has 0 aliphatic carbocycles. The number of carbonyl (C=O) groups excluding carboxylic acids is 1. The molecule has 5 rings (SSSR count). The molecule has 0 bridgehead atoms. The van der Waals surface area contributed by atoms with E-state index in [4.69, 9.17) is 4.84 Å². The summed E-state index contributed by atoms with van der Waals surface area (Å²) >= 11 is 1.44. The third kappa shape index (κ3) is 5.01. The third-order valence-corrected chi connectivity index (χ3v) is 7.65. The SMILES string of the molecule is Cc1cc(C(F)(F)F)nn1C(C=O)N1CCC(c2nc(C3=NOC(c4c(F)cccc4F)C3)cs2)CC1. The number of piperidine rings is 1. The lowest BCUT2D eigenvalue weighted by atomic mass is 9.97. The highest BCUT2D eigenvalue weighted by Crippen LogP contribution is 2.36. The van der Waals surface area contributed by atoms with Gasteiger partial charge in [0, 0.05) is 36.5 Å². The van der Waals surface area contributed by atoms with Gasteiger partial charge >= 0.3 is 6.18 Å². The van der Waals surface area contributed by atoms with Gasteiger partial charge in [-0.25, -0.2) is 18.4 Å². The Bertz CT molecular complexity index is 1310. The molecule has 0 N–H and O–H groups in total. The van der Waals surface area contributed by atoms with Gasteiger partial charge in [0.15, 0.2) is 24.2 Å². The number of aldehydes is 1. The molecule has 0 saturated carbocycles. The molecular weight excluding hydrogens is 517 g/mol. The maximum atomic E-state index is 14.1. The number of likely N-dealkylation sites (tertiary alicyclic amines) is 1. The van der Waals surface area contributed by atoms with E-state index in [0.717, 1.165) is 15.8 Å². The molecule has 0 amide bonds. The number of alkyl halides is 3. The zero-order valence-corrected chi connectivity index (χ0v) is 20.4. The third-order valence-electron chi connectivity index (χ3n) is 6.65. The molecule has 37 heavy (non-hydrogen) atoms. The zero-order chi connectivity index (χ0) is 26.3. The van der Waals surface area contributed by atoms with E-state index in [1.807, 2.05) is 5.38 Å². The summed E-state index contributed by atoms with van der Waals surface area (Å²) in [6.07, 6.45) is -4.29. The summed E-state index contributed by atoms with van der Waals surface area (Å²) in [5.41, 5.74) is 0.149. The Morgan fingerprint density at radius 3 is 2.51 bits per heavy atom. The molecule has 4 heterocycles. The van der Waals surface area contributed by atoms with Crippen molar-refractivity contribution < 1.29 is 31.6 Å². The molecule has 196 valence electrons. The van der Waals surface area contributed by atoms with Crippen molar-refractivity contribution in [1.82, 2.24) is 19.7 Å². The highest BCUT2D eigenvalue weighted by Gasteiger charge is 2.37. The van der Waals surface area contributed by atoms with E-state index in [-0.39, 0.29) is 23.6 Å². The Hall–Kier alpha value is -3.19. The molecule has 1 saturated heterocycles. The predicted molar refractivity (Wildman–Crippen MR) is 124 cm³/mol. The van der Waals surface area contributed by atoms with E-state index in [2.05, 4.69) is 15.2 Å². The summed E-state index contributed by atoms with van der Waals surface area (Å²) < 4.78 is 68.5. The summed E-state index contributed by atoms with van der Waals surface area (Å²) in [4.78, 5) is 23.6. The molecule has 1 fully saturated rings. The maximum absolute atomic E-state index is 14.1. The van der Waals surface area contributed by atoms with Gasteiger partial charge in [0.25, 0.3) is 0 Å². The fourth-order valence-corrected chi connectivity index (χ4v) is 5.71. The van der Waals surface area contributed by atoms with Gasteiger partial charge in [0.2, 0.25) is 0 Å². The number of aryl methyl sites for hydroxylation is 1. The Kier molecular flexibility index (Phi) is 6.84. The lowest BCUT2D eigenvalue weighted by Crippen LogP contribution is -2.40. The number of rotatable bonds is 6. The second-order valence-electron chi connectivity index (χ2n) is 9.02. The molecule has 2 aliphatic rings. The number of oxime groups is 1. The molecule has 2 unspecified atom stereocenters. The van der Waals surface area contributed by atoms with E-state index in [1.54, 1.807) is 4.90 Å².